The molecule has 0 unspecified atom stereocenters. The fourth-order valence-electron chi connectivity index (χ4n) is 2.59. The molecule has 2 heteroatoms. The Bertz CT molecular complexity index is 536. The Balaban J connectivity index is 2.58. The average Bonchev–Trinajstić information content (AvgIpc) is 2.28. The molecule has 0 spiro atoms. The molecule has 0 saturated heterocycles. The number of anilines is 1. The lowest BCUT2D eigenvalue weighted by Gasteiger charge is -2.32. The van der Waals surface area contributed by atoms with Gasteiger partial charge >= 0.3 is 0 Å². The first-order chi connectivity index (χ1) is 8.50. The van der Waals surface area contributed by atoms with Crippen LogP contribution in [0.5, 0.6) is 0 Å². The second-order valence-electron chi connectivity index (χ2n) is 5.41. The van der Waals surface area contributed by atoms with Gasteiger partial charge in [0.1, 0.15) is 5.82 Å². The van der Waals surface area contributed by atoms with Crippen LogP contribution in [0.1, 0.15) is 33.3 Å². The Hall–Kier alpha value is -1.57. The molecule has 18 heavy (non-hydrogen) atoms. The van der Waals surface area contributed by atoms with Gasteiger partial charge in [-0.2, -0.15) is 0 Å². The molecule has 0 aliphatic carbocycles. The highest BCUT2D eigenvalue weighted by Crippen LogP contribution is 2.24. The maximum atomic E-state index is 4.80. The van der Waals surface area contributed by atoms with Crippen LogP contribution in [-0.4, -0.2) is 17.1 Å². The van der Waals surface area contributed by atoms with Crippen molar-refractivity contribution < 1.29 is 0 Å². The third-order valence-electron chi connectivity index (χ3n) is 3.29. The zero-order valence-corrected chi connectivity index (χ0v) is 11.9. The van der Waals surface area contributed by atoms with Crippen LogP contribution in [0.2, 0.25) is 0 Å². The lowest BCUT2D eigenvalue weighted by molar-refractivity contribution is 0.601. The Labute approximate surface area is 110 Å². The van der Waals surface area contributed by atoms with Gasteiger partial charge in [0.2, 0.25) is 0 Å². The van der Waals surface area contributed by atoms with E-state index in [4.69, 9.17) is 4.98 Å². The minimum Gasteiger partial charge on any atom is -0.352 e. The number of aromatic nitrogens is 1. The summed E-state index contributed by atoms with van der Waals surface area (Å²) in [5, 5.41) is 1.24. The van der Waals surface area contributed by atoms with Gasteiger partial charge in [0.05, 0.1) is 5.52 Å². The van der Waals surface area contributed by atoms with E-state index >= 15 is 0 Å². The number of fused-ring (bicyclic) bond motifs is 1. The van der Waals surface area contributed by atoms with Crippen molar-refractivity contribution in [3.05, 3.63) is 35.9 Å². The van der Waals surface area contributed by atoms with Crippen molar-refractivity contribution in [2.45, 2.75) is 46.7 Å². The summed E-state index contributed by atoms with van der Waals surface area (Å²) < 4.78 is 0. The Morgan fingerprint density at radius 3 is 2.22 bits per heavy atom. The predicted molar refractivity (Wildman–Crippen MR) is 79.2 cm³/mol. The number of nitrogens with zero attached hydrogens (tertiary/aromatic N) is 2. The van der Waals surface area contributed by atoms with Crippen molar-refractivity contribution in [2.75, 3.05) is 4.90 Å². The van der Waals surface area contributed by atoms with E-state index in [1.165, 1.54) is 10.9 Å². The molecule has 0 aliphatic rings. The first kappa shape index (κ1) is 12.9. The zero-order valence-electron chi connectivity index (χ0n) is 11.9. The van der Waals surface area contributed by atoms with E-state index in [1.807, 2.05) is 6.07 Å². The van der Waals surface area contributed by atoms with Gasteiger partial charge < -0.3 is 4.90 Å². The first-order valence-electron chi connectivity index (χ1n) is 6.65. The number of hydrogen-bond donors (Lipinski definition) is 0. The lowest BCUT2D eigenvalue weighted by Crippen LogP contribution is -2.37. The van der Waals surface area contributed by atoms with E-state index in [0.29, 0.717) is 12.1 Å². The van der Waals surface area contributed by atoms with Gasteiger partial charge in [-0.1, -0.05) is 18.2 Å². The summed E-state index contributed by atoms with van der Waals surface area (Å²) in [5.74, 6) is 1.08. The molecule has 0 radical (unpaired) electrons. The molecular weight excluding hydrogens is 220 g/mol. The van der Waals surface area contributed by atoms with E-state index in [-0.39, 0.29) is 0 Å². The van der Waals surface area contributed by atoms with Crippen LogP contribution in [0, 0.1) is 6.92 Å². The van der Waals surface area contributed by atoms with Gasteiger partial charge in [0.25, 0.3) is 0 Å². The Morgan fingerprint density at radius 1 is 1.00 bits per heavy atom. The minimum absolute atomic E-state index is 0.457. The molecular formula is C16H22N2. The van der Waals surface area contributed by atoms with Gasteiger partial charge in [-0.3, -0.25) is 0 Å². The van der Waals surface area contributed by atoms with Crippen molar-refractivity contribution >= 4 is 16.7 Å². The number of aryl methyl sites for hydroxylation is 1. The summed E-state index contributed by atoms with van der Waals surface area (Å²) in [4.78, 5) is 7.17. The normalized spacial score (nSPS) is 11.5. The highest BCUT2D eigenvalue weighted by molar-refractivity contribution is 5.83. The molecule has 1 aromatic carbocycles. The van der Waals surface area contributed by atoms with Gasteiger partial charge in [0, 0.05) is 17.5 Å². The van der Waals surface area contributed by atoms with Crippen LogP contribution in [0.4, 0.5) is 5.82 Å². The second-order valence-corrected chi connectivity index (χ2v) is 5.41. The number of para-hydroxylation sites is 1. The summed E-state index contributed by atoms with van der Waals surface area (Å²) in [6, 6.07) is 11.5. The van der Waals surface area contributed by atoms with Gasteiger partial charge in [0.15, 0.2) is 0 Å². The molecule has 0 N–H and O–H groups in total. The standard InChI is InChI=1S/C16H22N2/c1-11(2)18(12(3)4)16-10-13(5)14-8-6-7-9-15(14)17-16/h6-12H,1-5H3. The van der Waals surface area contributed by atoms with Crippen molar-refractivity contribution in [3.8, 4) is 0 Å². The van der Waals surface area contributed by atoms with Crippen molar-refractivity contribution in [1.82, 2.24) is 4.98 Å². The topological polar surface area (TPSA) is 16.1 Å². The summed E-state index contributed by atoms with van der Waals surface area (Å²) >= 11 is 0. The zero-order chi connectivity index (χ0) is 13.3. The highest BCUT2D eigenvalue weighted by Gasteiger charge is 2.16. The summed E-state index contributed by atoms with van der Waals surface area (Å²) in [5.41, 5.74) is 2.38. The molecule has 2 aromatic rings. The molecule has 1 heterocycles. The van der Waals surface area contributed by atoms with Crippen LogP contribution < -0.4 is 4.90 Å². The highest BCUT2D eigenvalue weighted by atomic mass is 15.2. The number of benzene rings is 1. The van der Waals surface area contributed by atoms with Gasteiger partial charge in [-0.25, -0.2) is 4.98 Å². The summed E-state index contributed by atoms with van der Waals surface area (Å²) in [6.07, 6.45) is 0. The quantitative estimate of drug-likeness (QED) is 0.803. The van der Waals surface area contributed by atoms with E-state index < -0.39 is 0 Å². The predicted octanol–water partition coefficient (Wildman–Crippen LogP) is 4.17. The first-order valence-corrected chi connectivity index (χ1v) is 6.65. The van der Waals surface area contributed by atoms with E-state index in [0.717, 1.165) is 11.3 Å². The van der Waals surface area contributed by atoms with Gasteiger partial charge in [-0.15, -0.1) is 0 Å². The molecule has 96 valence electrons. The molecule has 1 aromatic heterocycles. The SMILES string of the molecule is Cc1cc(N(C(C)C)C(C)C)nc2ccccc12. The maximum Gasteiger partial charge on any atom is 0.129 e. The van der Waals surface area contributed by atoms with Crippen LogP contribution in [0.25, 0.3) is 10.9 Å². The van der Waals surface area contributed by atoms with Crippen molar-refractivity contribution in [1.29, 1.82) is 0 Å². The number of pyridine rings is 1. The average molecular weight is 242 g/mol. The molecule has 0 bridgehead atoms. The number of rotatable bonds is 3. The lowest BCUT2D eigenvalue weighted by atomic mass is 10.1. The third kappa shape index (κ3) is 2.33. The van der Waals surface area contributed by atoms with E-state index in [2.05, 4.69) is 63.8 Å². The van der Waals surface area contributed by atoms with Crippen LogP contribution in [0.3, 0.4) is 0 Å². The Kier molecular flexibility index (Phi) is 3.55. The second kappa shape index (κ2) is 4.97. The molecule has 2 nitrogen and oxygen atoms in total. The molecule has 0 amide bonds. The van der Waals surface area contributed by atoms with Crippen molar-refractivity contribution in [3.63, 3.8) is 0 Å². The van der Waals surface area contributed by atoms with E-state index in [1.54, 1.807) is 0 Å². The smallest absolute Gasteiger partial charge is 0.129 e. The van der Waals surface area contributed by atoms with Crippen LogP contribution >= 0.6 is 0 Å². The van der Waals surface area contributed by atoms with Gasteiger partial charge in [-0.05, 0) is 52.3 Å². The fourth-order valence-corrected chi connectivity index (χ4v) is 2.59. The van der Waals surface area contributed by atoms with Crippen molar-refractivity contribution in [2.24, 2.45) is 0 Å². The maximum absolute atomic E-state index is 4.80. The molecule has 0 aliphatic heterocycles. The summed E-state index contributed by atoms with van der Waals surface area (Å²) in [7, 11) is 0. The molecule has 2 rings (SSSR count). The Morgan fingerprint density at radius 2 is 1.61 bits per heavy atom. The fraction of sp³-hybridized carbons (Fsp3) is 0.438. The number of hydrogen-bond acceptors (Lipinski definition) is 2. The monoisotopic (exact) mass is 242 g/mol. The molecule has 0 saturated carbocycles. The minimum atomic E-state index is 0.457. The molecule has 0 atom stereocenters. The van der Waals surface area contributed by atoms with E-state index in [9.17, 15) is 0 Å². The van der Waals surface area contributed by atoms with Crippen LogP contribution in [-0.2, 0) is 0 Å². The third-order valence-corrected chi connectivity index (χ3v) is 3.29. The summed E-state index contributed by atoms with van der Waals surface area (Å²) in [6.45, 7) is 11.0. The molecule has 0 fully saturated rings. The van der Waals surface area contributed by atoms with Crippen LogP contribution in [0.15, 0.2) is 30.3 Å². The largest absolute Gasteiger partial charge is 0.352 e.